The number of rotatable bonds is 4. The van der Waals surface area contributed by atoms with Gasteiger partial charge in [-0.2, -0.15) is 0 Å². The molecule has 0 aliphatic heterocycles. The molecule has 0 saturated carbocycles. The Morgan fingerprint density at radius 3 is 1.12 bits per heavy atom. The van der Waals surface area contributed by atoms with E-state index in [1.165, 1.54) is 33.5 Å². The second kappa shape index (κ2) is 8.79. The third kappa shape index (κ3) is 3.73. The topological polar surface area (TPSA) is 9.86 Å². The molecule has 0 N–H and O–H groups in total. The van der Waals surface area contributed by atoms with E-state index in [-0.39, 0.29) is 0 Å². The largest absolute Gasteiger partial charge is 0.308 e. The summed E-state index contributed by atoms with van der Waals surface area (Å²) in [4.78, 5) is 0. The van der Waals surface area contributed by atoms with Crippen LogP contribution < -0.4 is 0 Å². The molecule has 0 aliphatic rings. The van der Waals surface area contributed by atoms with Gasteiger partial charge >= 0.3 is 0 Å². The first-order chi connectivity index (χ1) is 16.7. The highest BCUT2D eigenvalue weighted by atomic mass is 79.9. The smallest absolute Gasteiger partial charge is 0.0724 e. The minimum atomic E-state index is 1.07. The van der Waals surface area contributed by atoms with E-state index in [1.54, 1.807) is 0 Å². The van der Waals surface area contributed by atoms with E-state index in [4.69, 9.17) is 0 Å². The molecule has 0 bridgehead atoms. The fourth-order valence-corrected chi connectivity index (χ4v) is 5.06. The molecule has 4 heteroatoms. The molecular weight excluding hydrogens is 548 g/mol. The molecule has 0 saturated heterocycles. The normalized spacial score (nSPS) is 11.2. The van der Waals surface area contributed by atoms with Crippen LogP contribution in [0.1, 0.15) is 0 Å². The lowest BCUT2D eigenvalue weighted by molar-refractivity contribution is 1.13. The Kier molecular flexibility index (Phi) is 5.48. The zero-order valence-electron chi connectivity index (χ0n) is 18.2. The standard InChI is InChI=1S/C30H20Br2N2/c31-23-11-15-25(16-12-23)33-27(21-7-3-1-4-8-21)19-29-30(33)20-28(22-9-5-2-6-10-22)34(29)26-17-13-24(32)14-18-26/h1-20H. The molecule has 0 unspecified atom stereocenters. The average molecular weight is 568 g/mol. The van der Waals surface area contributed by atoms with Gasteiger partial charge in [-0.05, 0) is 71.8 Å². The summed E-state index contributed by atoms with van der Waals surface area (Å²) in [5.74, 6) is 0. The molecule has 6 aromatic rings. The van der Waals surface area contributed by atoms with E-state index < -0.39 is 0 Å². The summed E-state index contributed by atoms with van der Waals surface area (Å²) in [6.45, 7) is 0. The van der Waals surface area contributed by atoms with Gasteiger partial charge in [0.15, 0.2) is 0 Å². The van der Waals surface area contributed by atoms with Crippen molar-refractivity contribution in [2.75, 3.05) is 0 Å². The summed E-state index contributed by atoms with van der Waals surface area (Å²) >= 11 is 7.17. The monoisotopic (exact) mass is 566 g/mol. The molecule has 0 atom stereocenters. The van der Waals surface area contributed by atoms with Crippen LogP contribution in [-0.2, 0) is 0 Å². The molecule has 4 aromatic carbocycles. The maximum absolute atomic E-state index is 3.59. The first kappa shape index (κ1) is 21.2. The van der Waals surface area contributed by atoms with E-state index >= 15 is 0 Å². The molecular formula is C30H20Br2N2. The number of hydrogen-bond acceptors (Lipinski definition) is 0. The summed E-state index contributed by atoms with van der Waals surface area (Å²) in [7, 11) is 0. The van der Waals surface area contributed by atoms with Crippen LogP contribution in [0.15, 0.2) is 130 Å². The third-order valence-corrected chi connectivity index (χ3v) is 7.14. The van der Waals surface area contributed by atoms with Crippen molar-refractivity contribution in [3.63, 3.8) is 0 Å². The number of benzene rings is 4. The van der Waals surface area contributed by atoms with Gasteiger partial charge in [0, 0.05) is 20.3 Å². The molecule has 0 spiro atoms. The van der Waals surface area contributed by atoms with Crippen molar-refractivity contribution in [3.05, 3.63) is 130 Å². The Balaban J connectivity index is 1.71. The van der Waals surface area contributed by atoms with E-state index in [0.29, 0.717) is 0 Å². The van der Waals surface area contributed by atoms with E-state index in [2.05, 4.69) is 162 Å². The van der Waals surface area contributed by atoms with Crippen LogP contribution >= 0.6 is 31.9 Å². The number of aromatic nitrogens is 2. The summed E-state index contributed by atoms with van der Waals surface area (Å²) in [5.41, 5.74) is 9.30. The lowest BCUT2D eigenvalue weighted by Crippen LogP contribution is -1.96. The first-order valence-electron chi connectivity index (χ1n) is 11.1. The van der Waals surface area contributed by atoms with Gasteiger partial charge in [0.2, 0.25) is 0 Å². The van der Waals surface area contributed by atoms with Crippen LogP contribution in [0.5, 0.6) is 0 Å². The first-order valence-corrected chi connectivity index (χ1v) is 12.7. The summed E-state index contributed by atoms with van der Waals surface area (Å²) < 4.78 is 6.86. The third-order valence-electron chi connectivity index (χ3n) is 6.08. The maximum atomic E-state index is 3.59. The summed E-state index contributed by atoms with van der Waals surface area (Å²) in [6, 6.07) is 42.8. The van der Waals surface area contributed by atoms with Crippen LogP contribution in [0, 0.1) is 0 Å². The molecule has 164 valence electrons. The second-order valence-corrected chi connectivity index (χ2v) is 10.0. The van der Waals surface area contributed by atoms with Crippen LogP contribution in [0.2, 0.25) is 0 Å². The molecule has 0 aliphatic carbocycles. The molecule has 0 radical (unpaired) electrons. The van der Waals surface area contributed by atoms with E-state index in [9.17, 15) is 0 Å². The molecule has 34 heavy (non-hydrogen) atoms. The number of halogens is 2. The Bertz CT molecular complexity index is 1460. The Labute approximate surface area is 215 Å². The van der Waals surface area contributed by atoms with Gasteiger partial charge in [0.1, 0.15) is 0 Å². The number of hydrogen-bond donors (Lipinski definition) is 0. The quantitative estimate of drug-likeness (QED) is 0.201. The highest BCUT2D eigenvalue weighted by molar-refractivity contribution is 9.10. The molecule has 2 aromatic heterocycles. The van der Waals surface area contributed by atoms with Gasteiger partial charge in [-0.1, -0.05) is 92.5 Å². The second-order valence-electron chi connectivity index (χ2n) is 8.19. The van der Waals surface area contributed by atoms with Gasteiger partial charge in [0.05, 0.1) is 22.4 Å². The van der Waals surface area contributed by atoms with Gasteiger partial charge in [-0.15, -0.1) is 0 Å². The van der Waals surface area contributed by atoms with Crippen molar-refractivity contribution in [1.29, 1.82) is 0 Å². The molecule has 2 heterocycles. The number of nitrogens with zero attached hydrogens (tertiary/aromatic N) is 2. The fraction of sp³-hybridized carbons (Fsp3) is 0. The van der Waals surface area contributed by atoms with Crippen LogP contribution in [-0.4, -0.2) is 9.13 Å². The zero-order valence-corrected chi connectivity index (χ0v) is 21.4. The maximum Gasteiger partial charge on any atom is 0.0724 e. The van der Waals surface area contributed by atoms with E-state index in [0.717, 1.165) is 20.3 Å². The van der Waals surface area contributed by atoms with Gasteiger partial charge in [-0.3, -0.25) is 0 Å². The zero-order chi connectivity index (χ0) is 23.1. The molecule has 0 amide bonds. The molecule has 6 rings (SSSR count). The van der Waals surface area contributed by atoms with Crippen molar-refractivity contribution in [2.45, 2.75) is 0 Å². The van der Waals surface area contributed by atoms with E-state index in [1.807, 2.05) is 0 Å². The van der Waals surface area contributed by atoms with Crippen LogP contribution in [0.3, 0.4) is 0 Å². The van der Waals surface area contributed by atoms with Crippen molar-refractivity contribution in [2.24, 2.45) is 0 Å². The van der Waals surface area contributed by atoms with Crippen molar-refractivity contribution >= 4 is 42.9 Å². The minimum absolute atomic E-state index is 1.07. The SMILES string of the molecule is Brc1ccc(-n2c(-c3ccccc3)cc3c2cc(-c2ccccc2)n3-c2ccc(Br)cc2)cc1. The fourth-order valence-electron chi connectivity index (χ4n) is 4.53. The summed E-state index contributed by atoms with van der Waals surface area (Å²) in [6.07, 6.45) is 0. The molecule has 2 nitrogen and oxygen atoms in total. The Morgan fingerprint density at radius 2 is 0.765 bits per heavy atom. The lowest BCUT2D eigenvalue weighted by Gasteiger charge is -2.12. The van der Waals surface area contributed by atoms with Crippen LogP contribution in [0.4, 0.5) is 0 Å². The van der Waals surface area contributed by atoms with Crippen molar-refractivity contribution in [3.8, 4) is 33.9 Å². The predicted octanol–water partition coefficient (Wildman–Crippen LogP) is 9.28. The van der Waals surface area contributed by atoms with Crippen molar-refractivity contribution < 1.29 is 0 Å². The lowest BCUT2D eigenvalue weighted by atomic mass is 10.1. The Hall–Kier alpha value is -3.34. The van der Waals surface area contributed by atoms with Gasteiger partial charge in [-0.25, -0.2) is 0 Å². The highest BCUT2D eigenvalue weighted by Crippen LogP contribution is 2.38. The number of fused-ring (bicyclic) bond motifs is 1. The predicted molar refractivity (Wildman–Crippen MR) is 149 cm³/mol. The average Bonchev–Trinajstić information content (AvgIpc) is 3.43. The summed E-state index contributed by atoms with van der Waals surface area (Å²) in [5, 5.41) is 0. The highest BCUT2D eigenvalue weighted by Gasteiger charge is 2.20. The van der Waals surface area contributed by atoms with Crippen molar-refractivity contribution in [1.82, 2.24) is 9.13 Å². The van der Waals surface area contributed by atoms with Gasteiger partial charge in [0.25, 0.3) is 0 Å². The molecule has 0 fully saturated rings. The minimum Gasteiger partial charge on any atom is -0.308 e. The van der Waals surface area contributed by atoms with Gasteiger partial charge < -0.3 is 9.13 Å². The Morgan fingerprint density at radius 1 is 0.412 bits per heavy atom. The van der Waals surface area contributed by atoms with Crippen LogP contribution in [0.25, 0.3) is 44.9 Å².